The highest BCUT2D eigenvalue weighted by Gasteiger charge is 2.56. The van der Waals surface area contributed by atoms with Gasteiger partial charge in [0.05, 0.1) is 17.9 Å². The fourth-order valence-electron chi connectivity index (χ4n) is 6.26. The van der Waals surface area contributed by atoms with E-state index in [0.717, 1.165) is 6.07 Å². The second-order valence-corrected chi connectivity index (χ2v) is 14.7. The number of aliphatic hydroxyl groups excluding tert-OH is 1. The Morgan fingerprint density at radius 1 is 1.16 bits per heavy atom. The van der Waals surface area contributed by atoms with Crippen LogP contribution < -0.4 is 10.9 Å². The zero-order valence-corrected chi connectivity index (χ0v) is 24.2. The van der Waals surface area contributed by atoms with Gasteiger partial charge in [-0.3, -0.25) is 9.36 Å². The third kappa shape index (κ3) is 4.74. The molecule has 3 atom stereocenters. The average molecular weight is 542 g/mol. The molecule has 9 nitrogen and oxygen atoms in total. The minimum absolute atomic E-state index is 0.212. The number of anilines is 1. The van der Waals surface area contributed by atoms with Crippen LogP contribution in [0, 0.1) is 5.92 Å². The molecule has 4 rings (SSSR count). The van der Waals surface area contributed by atoms with E-state index in [4.69, 9.17) is 0 Å². The Hall–Kier alpha value is -1.79. The number of alkyl halides is 2. The molecular weight excluding hydrogens is 509 g/mol. The van der Waals surface area contributed by atoms with Gasteiger partial charge in [-0.05, 0) is 24.3 Å². The van der Waals surface area contributed by atoms with E-state index in [-0.39, 0.29) is 30.6 Å². The van der Waals surface area contributed by atoms with E-state index in [2.05, 4.69) is 15.3 Å². The van der Waals surface area contributed by atoms with Crippen LogP contribution in [0.1, 0.15) is 31.4 Å². The molecule has 2 N–H and O–H groups in total. The van der Waals surface area contributed by atoms with Crippen LogP contribution in [0.25, 0.3) is 11.0 Å². The highest BCUT2D eigenvalue weighted by molar-refractivity contribution is 7.88. The van der Waals surface area contributed by atoms with E-state index in [1.54, 1.807) is 6.92 Å². The molecule has 2 aromatic rings. The van der Waals surface area contributed by atoms with Gasteiger partial charge in [0.15, 0.2) is 7.85 Å². The van der Waals surface area contributed by atoms with Crippen molar-refractivity contribution in [3.8, 4) is 0 Å². The number of aromatic nitrogens is 3. The van der Waals surface area contributed by atoms with Crippen LogP contribution in [-0.4, -0.2) is 110 Å². The molecule has 0 unspecified atom stereocenters. The van der Waals surface area contributed by atoms with Crippen LogP contribution in [0.5, 0.6) is 0 Å². The Labute approximate surface area is 227 Å². The van der Waals surface area contributed by atoms with E-state index < -0.39 is 55.0 Å². The predicted octanol–water partition coefficient (Wildman–Crippen LogP) is -4.41. The van der Waals surface area contributed by atoms with E-state index in [0.29, 0.717) is 26.1 Å². The number of halogens is 2. The van der Waals surface area contributed by atoms with Crippen molar-refractivity contribution >= 4 is 74.1 Å². The van der Waals surface area contributed by atoms with Crippen molar-refractivity contribution in [2.45, 2.75) is 53.6 Å². The second-order valence-electron chi connectivity index (χ2n) is 12.7. The van der Waals surface area contributed by atoms with Crippen molar-refractivity contribution in [1.29, 1.82) is 0 Å². The van der Waals surface area contributed by atoms with Gasteiger partial charge in [-0.1, -0.05) is 17.4 Å². The van der Waals surface area contributed by atoms with Crippen molar-refractivity contribution in [2.75, 3.05) is 24.7 Å². The number of rotatable bonds is 5. The van der Waals surface area contributed by atoms with Crippen LogP contribution in [0.4, 0.5) is 14.7 Å². The molecule has 1 aliphatic heterocycles. The summed E-state index contributed by atoms with van der Waals surface area (Å²) in [7, 11) is 7.20. The Kier molecular flexibility index (Phi) is 7.01. The summed E-state index contributed by atoms with van der Waals surface area (Å²) in [5.41, 5.74) is -1.92. The van der Waals surface area contributed by atoms with Crippen LogP contribution in [0.3, 0.4) is 0 Å². The average Bonchev–Trinajstić information content (AvgIpc) is 3.08. The van der Waals surface area contributed by atoms with E-state index in [1.165, 1.54) is 21.3 Å². The number of fused-ring (bicyclic) bond motifs is 1. The molecule has 18 heteroatoms. The fourth-order valence-corrected chi connectivity index (χ4v) is 7.37. The number of sulfonamides is 1. The highest BCUT2D eigenvalue weighted by Crippen LogP contribution is 2.51. The molecule has 0 spiro atoms. The van der Waals surface area contributed by atoms with Crippen LogP contribution in [-0.2, 0) is 15.8 Å². The third-order valence-electron chi connectivity index (χ3n) is 9.23. The molecule has 1 saturated carbocycles. The lowest BCUT2D eigenvalue weighted by Crippen LogP contribution is -2.69. The Balaban J connectivity index is 1.86. The molecule has 0 amide bonds. The summed E-state index contributed by atoms with van der Waals surface area (Å²) in [4.78, 5) is 22.5. The van der Waals surface area contributed by atoms with E-state index >= 15 is 0 Å². The number of hydrogen-bond donors (Lipinski definition) is 2. The monoisotopic (exact) mass is 543 g/mol. The zero-order chi connectivity index (χ0) is 28.6. The van der Waals surface area contributed by atoms with Crippen LogP contribution in [0.2, 0.25) is 10.4 Å². The van der Waals surface area contributed by atoms with Gasteiger partial charge >= 0.3 is 0 Å². The van der Waals surface area contributed by atoms with Gasteiger partial charge in [0, 0.05) is 36.6 Å². The van der Waals surface area contributed by atoms with Crippen molar-refractivity contribution in [3.63, 3.8) is 0 Å². The van der Waals surface area contributed by atoms with Crippen molar-refractivity contribution in [3.05, 3.63) is 28.2 Å². The number of nitrogens with zero attached hydrogens (tertiary/aromatic N) is 4. The quantitative estimate of drug-likeness (QED) is 0.367. The first kappa shape index (κ1) is 29.2. The largest absolute Gasteiger partial charge is 0.393 e. The first-order chi connectivity index (χ1) is 17.2. The summed E-state index contributed by atoms with van der Waals surface area (Å²) in [5.74, 6) is -3.47. The summed E-state index contributed by atoms with van der Waals surface area (Å²) < 4.78 is 56.5. The molecular formula is C20H33B6F2N5O4S. The highest BCUT2D eigenvalue weighted by atomic mass is 32.2. The molecule has 1 saturated heterocycles. The third-order valence-corrected chi connectivity index (χ3v) is 10.4. The SMILES string of the molecule is BC(F)(F)c1cc2cnc(NC3(B)C(B)(B)CN(S(C)(=O)=O)CC3(B)B)nc2n([C@H]2CC[C@H](O)[C@@H]2C)c1=O. The molecule has 38 heavy (non-hydrogen) atoms. The maximum Gasteiger partial charge on any atom is 0.260 e. The van der Waals surface area contributed by atoms with Gasteiger partial charge in [0.25, 0.3) is 5.56 Å². The van der Waals surface area contributed by atoms with Gasteiger partial charge in [0.1, 0.15) is 44.9 Å². The Morgan fingerprint density at radius 2 is 1.74 bits per heavy atom. The summed E-state index contributed by atoms with van der Waals surface area (Å²) in [5, 5.41) is 13.0. The number of piperidine rings is 1. The first-order valence-corrected chi connectivity index (χ1v) is 14.8. The first-order valence-electron chi connectivity index (χ1n) is 12.9. The Bertz CT molecular complexity index is 1420. The molecule has 2 fully saturated rings. The summed E-state index contributed by atoms with van der Waals surface area (Å²) in [6.45, 7) is 2.37. The standard InChI is InChI=1S/C20H33B6F2N5O4S/c1-9-12(3-4-13(9)34)33-14-10(5-11(15(33)35)19(25,27)28)6-29-16(30-14)31-20(26)17(21,22)7-32(38(2,36)37)8-18(20,23)24/h5-6,9,12-13,34H,3-4,7-8,21-26H2,1-2H3,(H,29,30,31)/t9-,12+,13+/m1/s1. The summed E-state index contributed by atoms with van der Waals surface area (Å²) in [6.07, 6.45) is 2.91. The van der Waals surface area contributed by atoms with Crippen molar-refractivity contribution < 1.29 is 22.3 Å². The van der Waals surface area contributed by atoms with Crippen LogP contribution in [0.15, 0.2) is 17.1 Å². The normalized spacial score (nSPS) is 27.3. The molecule has 0 radical (unpaired) electrons. The molecule has 2 aliphatic rings. The zero-order valence-electron chi connectivity index (χ0n) is 23.3. The topological polar surface area (TPSA) is 117 Å². The van der Waals surface area contributed by atoms with Crippen molar-refractivity contribution in [1.82, 2.24) is 18.8 Å². The Morgan fingerprint density at radius 3 is 2.21 bits per heavy atom. The van der Waals surface area contributed by atoms with Gasteiger partial charge in [0.2, 0.25) is 21.8 Å². The molecule has 0 aromatic carbocycles. The van der Waals surface area contributed by atoms with Gasteiger partial charge in [-0.25, -0.2) is 26.5 Å². The lowest BCUT2D eigenvalue weighted by Gasteiger charge is -2.61. The number of pyridine rings is 1. The van der Waals surface area contributed by atoms with Gasteiger partial charge in [-0.2, -0.15) is 4.98 Å². The number of hydrogen-bond acceptors (Lipinski definition) is 7. The van der Waals surface area contributed by atoms with Crippen molar-refractivity contribution in [2.24, 2.45) is 5.92 Å². The van der Waals surface area contributed by atoms with Crippen LogP contribution >= 0.6 is 0 Å². The lowest BCUT2D eigenvalue weighted by molar-refractivity contribution is 0.0913. The van der Waals surface area contributed by atoms with E-state index in [9.17, 15) is 27.1 Å². The number of nitrogens with one attached hydrogen (secondary N) is 1. The van der Waals surface area contributed by atoms with Gasteiger partial charge in [-0.15, -0.1) is 0 Å². The summed E-state index contributed by atoms with van der Waals surface area (Å²) >= 11 is 0. The summed E-state index contributed by atoms with van der Waals surface area (Å²) in [6, 6.07) is 0.653. The van der Waals surface area contributed by atoms with Gasteiger partial charge < -0.3 is 10.4 Å². The number of aliphatic hydroxyl groups is 1. The molecule has 0 bridgehead atoms. The predicted molar refractivity (Wildman–Crippen MR) is 161 cm³/mol. The maximum absolute atomic E-state index is 14.4. The molecule has 200 valence electrons. The molecule has 3 heterocycles. The van der Waals surface area contributed by atoms with E-state index in [1.807, 2.05) is 39.2 Å². The molecule has 1 aliphatic carbocycles. The maximum atomic E-state index is 14.4. The second kappa shape index (κ2) is 9.12. The fraction of sp³-hybridized carbons (Fsp3) is 0.650. The lowest BCUT2D eigenvalue weighted by atomic mass is 9.25. The minimum atomic E-state index is -3.41. The molecule has 2 aromatic heterocycles. The minimum Gasteiger partial charge on any atom is -0.393 e. The smallest absolute Gasteiger partial charge is 0.260 e.